The fourth-order valence-corrected chi connectivity index (χ4v) is 2.70. The average molecular weight is 254 g/mol. The van der Waals surface area contributed by atoms with Crippen molar-refractivity contribution in [1.29, 1.82) is 0 Å². The van der Waals surface area contributed by atoms with E-state index in [-0.39, 0.29) is 5.91 Å². The number of aromatic nitrogens is 2. The molecule has 2 rings (SSSR count). The van der Waals surface area contributed by atoms with Crippen molar-refractivity contribution >= 4 is 22.4 Å². The monoisotopic (exact) mass is 254 g/mol. The summed E-state index contributed by atoms with van der Waals surface area (Å²) < 4.78 is 0. The summed E-state index contributed by atoms with van der Waals surface area (Å²) in [6.07, 6.45) is 4.96. The highest BCUT2D eigenvalue weighted by Gasteiger charge is 2.19. The number of carbonyl (C=O) groups excluding carboxylic acids is 1. The van der Waals surface area contributed by atoms with E-state index in [2.05, 4.69) is 22.4 Å². The zero-order valence-electron chi connectivity index (χ0n) is 9.98. The van der Waals surface area contributed by atoms with Gasteiger partial charge in [-0.15, -0.1) is 10.2 Å². The van der Waals surface area contributed by atoms with Gasteiger partial charge in [0, 0.05) is 6.54 Å². The van der Waals surface area contributed by atoms with Crippen LogP contribution in [-0.4, -0.2) is 22.6 Å². The van der Waals surface area contributed by atoms with Crippen LogP contribution >= 0.6 is 11.3 Å². The largest absolute Gasteiger partial charge is 0.374 e. The third-order valence-corrected chi connectivity index (χ3v) is 4.07. The van der Waals surface area contributed by atoms with Crippen molar-refractivity contribution in [1.82, 2.24) is 15.5 Å². The summed E-state index contributed by atoms with van der Waals surface area (Å²) in [5, 5.41) is 10.9. The first-order valence-corrected chi connectivity index (χ1v) is 6.84. The van der Waals surface area contributed by atoms with Gasteiger partial charge in [-0.25, -0.2) is 0 Å². The van der Waals surface area contributed by atoms with Gasteiger partial charge in [0.2, 0.25) is 10.1 Å². The zero-order chi connectivity index (χ0) is 12.3. The van der Waals surface area contributed by atoms with Gasteiger partial charge in [-0.1, -0.05) is 31.1 Å². The van der Waals surface area contributed by atoms with Crippen LogP contribution < -0.4 is 11.1 Å². The molecule has 0 bridgehead atoms. The maximum absolute atomic E-state index is 11.7. The third kappa shape index (κ3) is 3.39. The molecule has 0 radical (unpaired) electrons. The molecular formula is C11H18N4OS. The second-order valence-electron chi connectivity index (χ2n) is 4.78. The van der Waals surface area contributed by atoms with Crippen molar-refractivity contribution in [3.63, 3.8) is 0 Å². The molecule has 0 spiro atoms. The van der Waals surface area contributed by atoms with E-state index in [0.29, 0.717) is 16.1 Å². The summed E-state index contributed by atoms with van der Waals surface area (Å²) in [5.41, 5.74) is 5.44. The molecule has 1 aromatic rings. The number of nitrogens with one attached hydrogen (secondary N) is 1. The molecule has 94 valence electrons. The zero-order valence-corrected chi connectivity index (χ0v) is 10.8. The Morgan fingerprint density at radius 3 is 2.71 bits per heavy atom. The Bertz CT molecular complexity index is 385. The molecule has 0 saturated heterocycles. The minimum atomic E-state index is -0.155. The summed E-state index contributed by atoms with van der Waals surface area (Å²) >= 11 is 1.13. The third-order valence-electron chi connectivity index (χ3n) is 3.32. The highest BCUT2D eigenvalue weighted by Crippen LogP contribution is 2.27. The van der Waals surface area contributed by atoms with Crippen molar-refractivity contribution in [2.45, 2.75) is 32.6 Å². The van der Waals surface area contributed by atoms with Crippen molar-refractivity contribution in [3.05, 3.63) is 5.01 Å². The quantitative estimate of drug-likeness (QED) is 0.860. The molecule has 1 aliphatic carbocycles. The van der Waals surface area contributed by atoms with Gasteiger partial charge in [0.25, 0.3) is 5.91 Å². The number of nitrogen functional groups attached to an aromatic ring is 1. The normalized spacial score (nSPS) is 24.5. The maximum Gasteiger partial charge on any atom is 0.282 e. The van der Waals surface area contributed by atoms with Crippen LogP contribution in [0.25, 0.3) is 0 Å². The van der Waals surface area contributed by atoms with E-state index in [1.54, 1.807) is 0 Å². The van der Waals surface area contributed by atoms with Gasteiger partial charge in [-0.05, 0) is 24.7 Å². The first-order chi connectivity index (χ1) is 8.15. The predicted molar refractivity (Wildman–Crippen MR) is 67.8 cm³/mol. The van der Waals surface area contributed by atoms with Gasteiger partial charge in [0.15, 0.2) is 0 Å². The molecule has 0 atom stereocenters. The standard InChI is InChI=1S/C11H18N4OS/c1-7-2-4-8(5-3-7)6-13-9(16)10-14-15-11(12)17-10/h7-8H,2-6H2,1H3,(H2,12,15)(H,13,16). The van der Waals surface area contributed by atoms with Crippen molar-refractivity contribution in [3.8, 4) is 0 Å². The number of anilines is 1. The fraction of sp³-hybridized carbons (Fsp3) is 0.727. The number of carbonyl (C=O) groups is 1. The van der Waals surface area contributed by atoms with Crippen molar-refractivity contribution in [2.24, 2.45) is 11.8 Å². The van der Waals surface area contributed by atoms with E-state index in [1.807, 2.05) is 0 Å². The first-order valence-electron chi connectivity index (χ1n) is 6.02. The Hall–Kier alpha value is -1.17. The topological polar surface area (TPSA) is 80.9 Å². The molecule has 0 aliphatic heterocycles. The lowest BCUT2D eigenvalue weighted by Crippen LogP contribution is -2.31. The Kier molecular flexibility index (Phi) is 3.93. The highest BCUT2D eigenvalue weighted by molar-refractivity contribution is 7.16. The molecule has 0 unspecified atom stereocenters. The molecule has 1 aromatic heterocycles. The molecule has 6 heteroatoms. The second kappa shape index (κ2) is 5.44. The highest BCUT2D eigenvalue weighted by atomic mass is 32.1. The van der Waals surface area contributed by atoms with Crippen LogP contribution in [0.15, 0.2) is 0 Å². The lowest BCUT2D eigenvalue weighted by molar-refractivity contribution is 0.0941. The minimum Gasteiger partial charge on any atom is -0.374 e. The number of nitrogens with two attached hydrogens (primary N) is 1. The van der Waals surface area contributed by atoms with E-state index >= 15 is 0 Å². The molecule has 1 fully saturated rings. The lowest BCUT2D eigenvalue weighted by atomic mass is 9.83. The van der Waals surface area contributed by atoms with Crippen LogP contribution in [0.5, 0.6) is 0 Å². The van der Waals surface area contributed by atoms with Crippen LogP contribution in [0.3, 0.4) is 0 Å². The average Bonchev–Trinajstić information content (AvgIpc) is 2.75. The smallest absolute Gasteiger partial charge is 0.282 e. The number of amides is 1. The van der Waals surface area contributed by atoms with Gasteiger partial charge in [0.1, 0.15) is 0 Å². The van der Waals surface area contributed by atoms with Crippen molar-refractivity contribution in [2.75, 3.05) is 12.3 Å². The van der Waals surface area contributed by atoms with Gasteiger partial charge in [0.05, 0.1) is 0 Å². The van der Waals surface area contributed by atoms with Gasteiger partial charge in [-0.2, -0.15) is 0 Å². The number of nitrogens with zero attached hydrogens (tertiary/aromatic N) is 2. The molecule has 17 heavy (non-hydrogen) atoms. The minimum absolute atomic E-state index is 0.155. The van der Waals surface area contributed by atoms with Crippen LogP contribution in [0.1, 0.15) is 42.4 Å². The van der Waals surface area contributed by atoms with E-state index in [0.717, 1.165) is 23.8 Å². The van der Waals surface area contributed by atoms with Crippen LogP contribution in [0, 0.1) is 11.8 Å². The van der Waals surface area contributed by atoms with Crippen LogP contribution in [-0.2, 0) is 0 Å². The van der Waals surface area contributed by atoms with E-state index < -0.39 is 0 Å². The second-order valence-corrected chi connectivity index (χ2v) is 5.79. The fourth-order valence-electron chi connectivity index (χ4n) is 2.17. The van der Waals surface area contributed by atoms with Gasteiger partial charge < -0.3 is 11.1 Å². The number of hydrogen-bond donors (Lipinski definition) is 2. The van der Waals surface area contributed by atoms with Crippen LogP contribution in [0.2, 0.25) is 0 Å². The molecule has 1 amide bonds. The molecule has 1 heterocycles. The lowest BCUT2D eigenvalue weighted by Gasteiger charge is -2.25. The molecular weight excluding hydrogens is 236 g/mol. The van der Waals surface area contributed by atoms with Crippen LogP contribution in [0.4, 0.5) is 5.13 Å². The summed E-state index contributed by atoms with van der Waals surface area (Å²) in [6, 6.07) is 0. The molecule has 1 saturated carbocycles. The summed E-state index contributed by atoms with van der Waals surface area (Å²) in [4.78, 5) is 11.7. The van der Waals surface area contributed by atoms with E-state index in [4.69, 9.17) is 5.73 Å². The van der Waals surface area contributed by atoms with E-state index in [1.165, 1.54) is 25.7 Å². The van der Waals surface area contributed by atoms with E-state index in [9.17, 15) is 4.79 Å². The first kappa shape index (κ1) is 12.3. The Morgan fingerprint density at radius 2 is 2.12 bits per heavy atom. The van der Waals surface area contributed by atoms with Gasteiger partial charge in [-0.3, -0.25) is 4.79 Å². The predicted octanol–water partition coefficient (Wildman–Crippen LogP) is 1.68. The SMILES string of the molecule is CC1CCC(CNC(=O)c2nnc(N)s2)CC1. The number of rotatable bonds is 3. The Morgan fingerprint density at radius 1 is 1.41 bits per heavy atom. The molecule has 3 N–H and O–H groups in total. The molecule has 0 aromatic carbocycles. The summed E-state index contributed by atoms with van der Waals surface area (Å²) in [6.45, 7) is 3.03. The molecule has 1 aliphatic rings. The number of hydrogen-bond acceptors (Lipinski definition) is 5. The van der Waals surface area contributed by atoms with Crippen molar-refractivity contribution < 1.29 is 4.79 Å². The molecule has 5 nitrogen and oxygen atoms in total. The Balaban J connectivity index is 1.76. The Labute approximate surface area is 105 Å². The maximum atomic E-state index is 11.7. The van der Waals surface area contributed by atoms with Gasteiger partial charge >= 0.3 is 0 Å². The summed E-state index contributed by atoms with van der Waals surface area (Å²) in [7, 11) is 0. The summed E-state index contributed by atoms with van der Waals surface area (Å²) in [5.74, 6) is 1.29.